The van der Waals surface area contributed by atoms with Gasteiger partial charge in [0.1, 0.15) is 22.3 Å². The second-order valence-corrected chi connectivity index (χ2v) is 3.77. The van der Waals surface area contributed by atoms with E-state index in [0.717, 1.165) is 17.6 Å². The van der Waals surface area contributed by atoms with Gasteiger partial charge in [0.25, 0.3) is 0 Å². The van der Waals surface area contributed by atoms with E-state index in [4.69, 9.17) is 10.5 Å². The number of halogens is 1. The maximum Gasteiger partial charge on any atom is 0.355 e. The van der Waals surface area contributed by atoms with Crippen LogP contribution in [0.15, 0.2) is 30.3 Å². The quantitative estimate of drug-likeness (QED) is 0.642. The Kier molecular flexibility index (Phi) is 2.82. The number of ether oxygens (including phenoxy) is 1. The third-order valence-corrected chi connectivity index (χ3v) is 2.52. The van der Waals surface area contributed by atoms with Crippen LogP contribution in [-0.2, 0) is 0 Å². The number of anilines is 1. The van der Waals surface area contributed by atoms with Gasteiger partial charge in [-0.1, -0.05) is 6.07 Å². The van der Waals surface area contributed by atoms with Crippen LogP contribution < -0.4 is 10.5 Å². The first-order valence-corrected chi connectivity index (χ1v) is 5.12. The van der Waals surface area contributed by atoms with Gasteiger partial charge in [-0.25, -0.2) is 9.18 Å². The first-order chi connectivity index (χ1) is 7.65. The van der Waals surface area contributed by atoms with Crippen molar-refractivity contribution in [2.75, 3.05) is 5.73 Å². The molecule has 0 saturated carbocycles. The van der Waals surface area contributed by atoms with Gasteiger partial charge in [0.05, 0.1) is 0 Å². The molecule has 0 atom stereocenters. The number of benzene rings is 1. The normalized spacial score (nSPS) is 10.1. The van der Waals surface area contributed by atoms with E-state index < -0.39 is 11.8 Å². The highest BCUT2D eigenvalue weighted by molar-refractivity contribution is 7.08. The standard InChI is InChI=1S/C10H7FN2O2S/c11-6-2-1-3-7(4-6)15-10(14)8-5-9(12)13-16-8/h1-5H,(H2,12,13). The van der Waals surface area contributed by atoms with Crippen molar-refractivity contribution in [3.63, 3.8) is 0 Å². The maximum absolute atomic E-state index is 12.8. The zero-order valence-corrected chi connectivity index (χ0v) is 8.83. The number of aromatic nitrogens is 1. The number of nitrogen functional groups attached to an aromatic ring is 1. The van der Waals surface area contributed by atoms with Gasteiger partial charge in [0.2, 0.25) is 0 Å². The summed E-state index contributed by atoms with van der Waals surface area (Å²) in [6.07, 6.45) is 0. The van der Waals surface area contributed by atoms with Crippen LogP contribution in [0.25, 0.3) is 0 Å². The van der Waals surface area contributed by atoms with Crippen molar-refractivity contribution in [2.24, 2.45) is 0 Å². The number of hydrogen-bond acceptors (Lipinski definition) is 5. The van der Waals surface area contributed by atoms with Gasteiger partial charge >= 0.3 is 5.97 Å². The van der Waals surface area contributed by atoms with Gasteiger partial charge in [-0.05, 0) is 23.7 Å². The van der Waals surface area contributed by atoms with Crippen molar-refractivity contribution < 1.29 is 13.9 Å². The van der Waals surface area contributed by atoms with E-state index in [1.54, 1.807) is 0 Å². The minimum absolute atomic E-state index is 0.150. The summed E-state index contributed by atoms with van der Waals surface area (Å²) < 4.78 is 21.5. The van der Waals surface area contributed by atoms with Gasteiger partial charge in [0, 0.05) is 12.1 Å². The molecule has 1 aromatic heterocycles. The molecule has 2 N–H and O–H groups in total. The van der Waals surface area contributed by atoms with Crippen molar-refractivity contribution in [2.45, 2.75) is 0 Å². The van der Waals surface area contributed by atoms with E-state index in [1.165, 1.54) is 24.3 Å². The minimum Gasteiger partial charge on any atom is -0.422 e. The molecule has 6 heteroatoms. The Labute approximate surface area is 94.6 Å². The molecule has 1 heterocycles. The fraction of sp³-hybridized carbons (Fsp3) is 0. The second-order valence-electron chi connectivity index (χ2n) is 2.96. The monoisotopic (exact) mass is 238 g/mol. The van der Waals surface area contributed by atoms with Crippen LogP contribution in [0.5, 0.6) is 5.75 Å². The highest BCUT2D eigenvalue weighted by atomic mass is 32.1. The Balaban J connectivity index is 2.13. The van der Waals surface area contributed by atoms with Crippen molar-refractivity contribution >= 4 is 23.3 Å². The number of nitrogens with two attached hydrogens (primary N) is 1. The third-order valence-electron chi connectivity index (χ3n) is 1.74. The zero-order chi connectivity index (χ0) is 11.5. The number of esters is 1. The Morgan fingerprint density at radius 2 is 2.25 bits per heavy atom. The van der Waals surface area contributed by atoms with E-state index >= 15 is 0 Å². The number of nitrogens with zero attached hydrogens (tertiary/aromatic N) is 1. The van der Waals surface area contributed by atoms with Crippen molar-refractivity contribution in [1.82, 2.24) is 4.37 Å². The molecule has 1 aromatic carbocycles. The molecule has 82 valence electrons. The molecule has 0 aliphatic carbocycles. The van der Waals surface area contributed by atoms with Gasteiger partial charge in [-0.2, -0.15) is 4.37 Å². The molecule has 0 unspecified atom stereocenters. The molecule has 0 saturated heterocycles. The molecule has 4 nitrogen and oxygen atoms in total. The summed E-state index contributed by atoms with van der Waals surface area (Å²) in [4.78, 5) is 11.8. The van der Waals surface area contributed by atoms with Crippen LogP contribution in [0.3, 0.4) is 0 Å². The Morgan fingerprint density at radius 1 is 1.44 bits per heavy atom. The lowest BCUT2D eigenvalue weighted by atomic mass is 10.3. The number of carbonyl (C=O) groups excluding carboxylic acids is 1. The molecule has 2 rings (SSSR count). The first kappa shape index (κ1) is 10.6. The topological polar surface area (TPSA) is 65.2 Å². The van der Waals surface area contributed by atoms with Crippen molar-refractivity contribution in [3.8, 4) is 5.75 Å². The molecule has 0 amide bonds. The van der Waals surface area contributed by atoms with Crippen LogP contribution in [0.1, 0.15) is 9.67 Å². The zero-order valence-electron chi connectivity index (χ0n) is 8.01. The van der Waals surface area contributed by atoms with Crippen molar-refractivity contribution in [3.05, 3.63) is 41.0 Å². The fourth-order valence-electron chi connectivity index (χ4n) is 1.07. The molecule has 0 fully saturated rings. The Morgan fingerprint density at radius 3 is 2.88 bits per heavy atom. The lowest BCUT2D eigenvalue weighted by Gasteiger charge is -2.01. The average Bonchev–Trinajstić information content (AvgIpc) is 2.65. The molecular formula is C10H7FN2O2S. The van der Waals surface area contributed by atoms with Gasteiger partial charge < -0.3 is 10.5 Å². The average molecular weight is 238 g/mol. The van der Waals surface area contributed by atoms with Crippen LogP contribution in [0.4, 0.5) is 10.2 Å². The summed E-state index contributed by atoms with van der Waals surface area (Å²) in [6.45, 7) is 0. The molecule has 0 bridgehead atoms. The number of hydrogen-bond donors (Lipinski definition) is 1. The lowest BCUT2D eigenvalue weighted by Crippen LogP contribution is -2.06. The van der Waals surface area contributed by atoms with E-state index in [0.29, 0.717) is 0 Å². The van der Waals surface area contributed by atoms with E-state index in [1.807, 2.05) is 0 Å². The molecule has 0 radical (unpaired) electrons. The summed E-state index contributed by atoms with van der Waals surface area (Å²) in [5.41, 5.74) is 5.37. The molecule has 2 aromatic rings. The third kappa shape index (κ3) is 2.34. The summed E-state index contributed by atoms with van der Waals surface area (Å²) in [7, 11) is 0. The maximum atomic E-state index is 12.8. The highest BCUT2D eigenvalue weighted by Gasteiger charge is 2.12. The predicted octanol–water partition coefficient (Wildman–Crippen LogP) is 2.08. The van der Waals surface area contributed by atoms with E-state index in [9.17, 15) is 9.18 Å². The first-order valence-electron chi connectivity index (χ1n) is 4.35. The van der Waals surface area contributed by atoms with Crippen LogP contribution >= 0.6 is 11.5 Å². The second kappa shape index (κ2) is 4.28. The van der Waals surface area contributed by atoms with Gasteiger partial charge in [-0.3, -0.25) is 0 Å². The summed E-state index contributed by atoms with van der Waals surface area (Å²) in [5.74, 6) is -0.651. The number of carbonyl (C=O) groups is 1. The predicted molar refractivity (Wildman–Crippen MR) is 57.9 cm³/mol. The molecule has 0 spiro atoms. The van der Waals surface area contributed by atoms with Crippen LogP contribution in [-0.4, -0.2) is 10.3 Å². The summed E-state index contributed by atoms with van der Waals surface area (Å²) >= 11 is 0.938. The summed E-state index contributed by atoms with van der Waals surface area (Å²) in [6, 6.07) is 6.75. The van der Waals surface area contributed by atoms with Crippen molar-refractivity contribution in [1.29, 1.82) is 0 Å². The largest absolute Gasteiger partial charge is 0.422 e. The van der Waals surface area contributed by atoms with E-state index in [2.05, 4.69) is 4.37 Å². The molecule has 0 aliphatic rings. The number of rotatable bonds is 2. The summed E-state index contributed by atoms with van der Waals surface area (Å²) in [5, 5.41) is 0. The smallest absolute Gasteiger partial charge is 0.355 e. The fourth-order valence-corrected chi connectivity index (χ4v) is 1.62. The SMILES string of the molecule is Nc1cc(C(=O)Oc2cccc(F)c2)sn1. The lowest BCUT2D eigenvalue weighted by molar-refractivity contribution is 0.0739. The highest BCUT2D eigenvalue weighted by Crippen LogP contribution is 2.17. The van der Waals surface area contributed by atoms with Gasteiger partial charge in [0.15, 0.2) is 0 Å². The molecule has 0 aliphatic heterocycles. The molecular weight excluding hydrogens is 231 g/mol. The van der Waals surface area contributed by atoms with Gasteiger partial charge in [-0.15, -0.1) is 0 Å². The van der Waals surface area contributed by atoms with E-state index in [-0.39, 0.29) is 16.4 Å². The molecule has 16 heavy (non-hydrogen) atoms. The van der Waals surface area contributed by atoms with Crippen LogP contribution in [0.2, 0.25) is 0 Å². The van der Waals surface area contributed by atoms with Crippen LogP contribution in [0, 0.1) is 5.82 Å². The Bertz CT molecular complexity index is 527. The Hall–Kier alpha value is -1.95. The minimum atomic E-state index is -0.597.